The number of hydrogen-bond donors (Lipinski definition) is 1. The van der Waals surface area contributed by atoms with Gasteiger partial charge in [0.15, 0.2) is 6.61 Å². The van der Waals surface area contributed by atoms with Crippen molar-refractivity contribution >= 4 is 11.7 Å². The molecule has 4 nitrogen and oxygen atoms in total. The van der Waals surface area contributed by atoms with E-state index in [0.717, 1.165) is 18.8 Å². The van der Waals surface area contributed by atoms with Crippen LogP contribution in [-0.4, -0.2) is 30.8 Å². The van der Waals surface area contributed by atoms with Gasteiger partial charge in [0.05, 0.1) is 5.69 Å². The van der Waals surface area contributed by atoms with E-state index in [-0.39, 0.29) is 6.61 Å². The summed E-state index contributed by atoms with van der Waals surface area (Å²) in [5, 5.41) is 8.58. The van der Waals surface area contributed by atoms with Crippen LogP contribution in [0.5, 0.6) is 5.75 Å². The Hall–Kier alpha value is -1.71. The summed E-state index contributed by atoms with van der Waals surface area (Å²) in [7, 11) is 0. The van der Waals surface area contributed by atoms with Crippen LogP contribution in [0.25, 0.3) is 0 Å². The zero-order chi connectivity index (χ0) is 12.0. The van der Waals surface area contributed by atoms with Crippen molar-refractivity contribution in [3.63, 3.8) is 0 Å². The Balaban J connectivity index is 2.86. The molecule has 0 radical (unpaired) electrons. The van der Waals surface area contributed by atoms with Gasteiger partial charge < -0.3 is 14.7 Å². The van der Waals surface area contributed by atoms with Crippen molar-refractivity contribution in [2.24, 2.45) is 0 Å². The lowest BCUT2D eigenvalue weighted by Crippen LogP contribution is -2.23. The number of carboxylic acid groups (broad SMARTS) is 1. The predicted molar refractivity (Wildman–Crippen MR) is 63.1 cm³/mol. The molecule has 0 spiro atoms. The van der Waals surface area contributed by atoms with Gasteiger partial charge in [0.1, 0.15) is 5.75 Å². The highest BCUT2D eigenvalue weighted by molar-refractivity contribution is 5.69. The molecule has 88 valence electrons. The van der Waals surface area contributed by atoms with E-state index in [1.807, 2.05) is 18.2 Å². The molecule has 0 aliphatic rings. The third-order valence-corrected chi connectivity index (χ3v) is 2.32. The Bertz CT molecular complexity index is 348. The number of nitrogens with zero attached hydrogens (tertiary/aromatic N) is 1. The van der Waals surface area contributed by atoms with E-state index in [1.165, 1.54) is 0 Å². The number of benzene rings is 1. The molecule has 16 heavy (non-hydrogen) atoms. The molecule has 1 aromatic rings. The van der Waals surface area contributed by atoms with Gasteiger partial charge in [-0.15, -0.1) is 0 Å². The lowest BCUT2D eigenvalue weighted by atomic mass is 10.2. The molecule has 0 saturated carbocycles. The molecule has 0 aromatic heterocycles. The van der Waals surface area contributed by atoms with Crippen LogP contribution in [0, 0.1) is 0 Å². The first-order valence-electron chi connectivity index (χ1n) is 5.37. The molecule has 0 aliphatic carbocycles. The van der Waals surface area contributed by atoms with Crippen molar-refractivity contribution in [3.8, 4) is 5.75 Å². The Morgan fingerprint density at radius 2 is 1.94 bits per heavy atom. The van der Waals surface area contributed by atoms with Crippen molar-refractivity contribution in [1.29, 1.82) is 0 Å². The maximum absolute atomic E-state index is 10.5. The van der Waals surface area contributed by atoms with Gasteiger partial charge in [-0.05, 0) is 26.0 Å². The molecule has 4 heteroatoms. The van der Waals surface area contributed by atoms with E-state index in [9.17, 15) is 4.79 Å². The van der Waals surface area contributed by atoms with Crippen LogP contribution >= 0.6 is 0 Å². The summed E-state index contributed by atoms with van der Waals surface area (Å²) in [6.45, 7) is 5.53. The molecular formula is C12H17NO3. The fourth-order valence-corrected chi connectivity index (χ4v) is 1.54. The first-order valence-corrected chi connectivity index (χ1v) is 5.37. The summed E-state index contributed by atoms with van der Waals surface area (Å²) in [5.74, 6) is -0.344. The largest absolute Gasteiger partial charge is 0.480 e. The number of anilines is 1. The minimum atomic E-state index is -0.964. The van der Waals surface area contributed by atoms with Crippen LogP contribution in [0.2, 0.25) is 0 Å². The van der Waals surface area contributed by atoms with Crippen molar-refractivity contribution in [2.75, 3.05) is 24.6 Å². The zero-order valence-corrected chi connectivity index (χ0v) is 9.64. The van der Waals surface area contributed by atoms with Crippen LogP contribution in [-0.2, 0) is 4.79 Å². The van der Waals surface area contributed by atoms with Crippen molar-refractivity contribution in [1.82, 2.24) is 0 Å². The smallest absolute Gasteiger partial charge is 0.341 e. The minimum absolute atomic E-state index is 0.307. The second-order valence-electron chi connectivity index (χ2n) is 3.32. The van der Waals surface area contributed by atoms with Crippen LogP contribution in [0.3, 0.4) is 0 Å². The molecule has 0 bridgehead atoms. The maximum atomic E-state index is 10.5. The summed E-state index contributed by atoms with van der Waals surface area (Å²) >= 11 is 0. The highest BCUT2D eigenvalue weighted by atomic mass is 16.5. The van der Waals surface area contributed by atoms with E-state index in [4.69, 9.17) is 9.84 Å². The summed E-state index contributed by atoms with van der Waals surface area (Å²) < 4.78 is 5.24. The third-order valence-electron chi connectivity index (χ3n) is 2.32. The van der Waals surface area contributed by atoms with E-state index in [0.29, 0.717) is 5.75 Å². The summed E-state index contributed by atoms with van der Waals surface area (Å²) in [6.07, 6.45) is 0. The Morgan fingerprint density at radius 3 is 2.50 bits per heavy atom. The van der Waals surface area contributed by atoms with E-state index in [1.54, 1.807) is 6.07 Å². The van der Waals surface area contributed by atoms with Crippen LogP contribution in [0.1, 0.15) is 13.8 Å². The molecule has 0 saturated heterocycles. The van der Waals surface area contributed by atoms with E-state index >= 15 is 0 Å². The van der Waals surface area contributed by atoms with Crippen molar-refractivity contribution in [2.45, 2.75) is 13.8 Å². The second kappa shape index (κ2) is 6.00. The van der Waals surface area contributed by atoms with Gasteiger partial charge in [-0.1, -0.05) is 12.1 Å². The molecule has 1 rings (SSSR count). The fourth-order valence-electron chi connectivity index (χ4n) is 1.54. The SMILES string of the molecule is CCN(CC)c1ccccc1OCC(=O)O. The molecule has 0 heterocycles. The number of carbonyl (C=O) groups is 1. The van der Waals surface area contributed by atoms with E-state index < -0.39 is 5.97 Å². The first-order chi connectivity index (χ1) is 7.69. The van der Waals surface area contributed by atoms with Crippen LogP contribution in [0.4, 0.5) is 5.69 Å². The first kappa shape index (κ1) is 12.4. The zero-order valence-electron chi connectivity index (χ0n) is 9.64. The van der Waals surface area contributed by atoms with Gasteiger partial charge in [0, 0.05) is 13.1 Å². The topological polar surface area (TPSA) is 49.8 Å². The van der Waals surface area contributed by atoms with Gasteiger partial charge in [0.2, 0.25) is 0 Å². The maximum Gasteiger partial charge on any atom is 0.341 e. The Labute approximate surface area is 95.5 Å². The molecule has 0 aliphatic heterocycles. The molecule has 0 unspecified atom stereocenters. The predicted octanol–water partition coefficient (Wildman–Crippen LogP) is 2.00. The van der Waals surface area contributed by atoms with Gasteiger partial charge >= 0.3 is 5.97 Å². The normalized spacial score (nSPS) is 9.88. The average Bonchev–Trinajstić information content (AvgIpc) is 2.29. The Kier molecular flexibility index (Phi) is 4.64. The number of hydrogen-bond acceptors (Lipinski definition) is 3. The van der Waals surface area contributed by atoms with Gasteiger partial charge in [-0.25, -0.2) is 4.79 Å². The standard InChI is InChI=1S/C12H17NO3/c1-3-13(4-2)10-7-5-6-8-11(10)16-9-12(14)15/h5-8H,3-4,9H2,1-2H3,(H,14,15). The van der Waals surface area contributed by atoms with Crippen LogP contribution in [0.15, 0.2) is 24.3 Å². The number of rotatable bonds is 6. The molecule has 0 fully saturated rings. The third kappa shape index (κ3) is 3.15. The summed E-state index contributed by atoms with van der Waals surface area (Å²) in [6, 6.07) is 7.48. The molecule has 0 amide bonds. The highest BCUT2D eigenvalue weighted by Crippen LogP contribution is 2.27. The molecule has 1 N–H and O–H groups in total. The lowest BCUT2D eigenvalue weighted by Gasteiger charge is -2.23. The number of aliphatic carboxylic acids is 1. The minimum Gasteiger partial charge on any atom is -0.480 e. The summed E-state index contributed by atoms with van der Waals surface area (Å²) in [5.41, 5.74) is 0.939. The highest BCUT2D eigenvalue weighted by Gasteiger charge is 2.09. The van der Waals surface area contributed by atoms with Crippen LogP contribution < -0.4 is 9.64 Å². The Morgan fingerprint density at radius 1 is 1.31 bits per heavy atom. The number of para-hydroxylation sites is 2. The fraction of sp³-hybridized carbons (Fsp3) is 0.417. The van der Waals surface area contributed by atoms with Gasteiger partial charge in [-0.3, -0.25) is 0 Å². The lowest BCUT2D eigenvalue weighted by molar-refractivity contribution is -0.139. The quantitative estimate of drug-likeness (QED) is 0.801. The monoisotopic (exact) mass is 223 g/mol. The van der Waals surface area contributed by atoms with Gasteiger partial charge in [-0.2, -0.15) is 0 Å². The molecule has 0 atom stereocenters. The van der Waals surface area contributed by atoms with Crippen molar-refractivity contribution in [3.05, 3.63) is 24.3 Å². The van der Waals surface area contributed by atoms with Gasteiger partial charge in [0.25, 0.3) is 0 Å². The van der Waals surface area contributed by atoms with E-state index in [2.05, 4.69) is 18.7 Å². The van der Waals surface area contributed by atoms with Crippen molar-refractivity contribution < 1.29 is 14.6 Å². The number of ether oxygens (including phenoxy) is 1. The molecule has 1 aromatic carbocycles. The number of carboxylic acids is 1. The second-order valence-corrected chi connectivity index (χ2v) is 3.32. The molecular weight excluding hydrogens is 206 g/mol. The summed E-state index contributed by atoms with van der Waals surface area (Å²) in [4.78, 5) is 12.6. The average molecular weight is 223 g/mol.